The molecule has 0 saturated carbocycles. The highest BCUT2D eigenvalue weighted by Crippen LogP contribution is 2.20. The Morgan fingerprint density at radius 2 is 1.94 bits per heavy atom. The van der Waals surface area contributed by atoms with Crippen LogP contribution in [0, 0.1) is 9.39 Å². The molecule has 0 atom stereocenters. The second-order valence-electron chi connectivity index (χ2n) is 3.67. The fourth-order valence-corrected chi connectivity index (χ4v) is 2.20. The third-order valence-electron chi connectivity index (χ3n) is 2.38. The van der Waals surface area contributed by atoms with E-state index in [-0.39, 0.29) is 11.7 Å². The molecule has 2 rings (SSSR count). The number of para-hydroxylation sites is 2. The van der Waals surface area contributed by atoms with Gasteiger partial charge in [0.25, 0.3) is 5.91 Å². The molecule has 0 aliphatic carbocycles. The zero-order chi connectivity index (χ0) is 13.1. The number of halogens is 2. The van der Waals surface area contributed by atoms with Gasteiger partial charge in [-0.05, 0) is 52.9 Å². The van der Waals surface area contributed by atoms with Gasteiger partial charge >= 0.3 is 0 Å². The van der Waals surface area contributed by atoms with Crippen molar-refractivity contribution in [3.8, 4) is 0 Å². The first-order chi connectivity index (χ1) is 8.58. The van der Waals surface area contributed by atoms with Crippen LogP contribution in [0.25, 0.3) is 0 Å². The Hall–Kier alpha value is -1.63. The number of carbonyl (C=O) groups excluding carboxylic acids is 1. The summed E-state index contributed by atoms with van der Waals surface area (Å²) in [6.45, 7) is 0. The number of benzene rings is 2. The minimum absolute atomic E-state index is 0.308. The number of anilines is 2. The average Bonchev–Trinajstić information content (AvgIpc) is 2.32. The SMILES string of the molecule is Nc1ccccc1NC(=O)c1ccc(F)cc1I. The Bertz CT molecular complexity index is 601. The van der Waals surface area contributed by atoms with Crippen molar-refractivity contribution in [1.29, 1.82) is 0 Å². The number of amides is 1. The second-order valence-corrected chi connectivity index (χ2v) is 4.83. The quantitative estimate of drug-likeness (QED) is 0.641. The maximum Gasteiger partial charge on any atom is 0.256 e. The lowest BCUT2D eigenvalue weighted by Gasteiger charge is -2.09. The summed E-state index contributed by atoms with van der Waals surface area (Å²) in [5.74, 6) is -0.674. The Morgan fingerprint density at radius 3 is 2.61 bits per heavy atom. The number of nitrogen functional groups attached to an aromatic ring is 1. The molecule has 3 N–H and O–H groups in total. The third kappa shape index (κ3) is 2.79. The van der Waals surface area contributed by atoms with Crippen molar-refractivity contribution in [2.24, 2.45) is 0 Å². The Labute approximate surface area is 117 Å². The molecule has 0 radical (unpaired) electrons. The summed E-state index contributed by atoms with van der Waals surface area (Å²) >= 11 is 1.92. The van der Waals surface area contributed by atoms with E-state index in [1.165, 1.54) is 18.2 Å². The lowest BCUT2D eigenvalue weighted by Crippen LogP contribution is -2.14. The maximum atomic E-state index is 12.9. The highest BCUT2D eigenvalue weighted by molar-refractivity contribution is 14.1. The van der Waals surface area contributed by atoms with Gasteiger partial charge < -0.3 is 11.1 Å². The summed E-state index contributed by atoms with van der Waals surface area (Å²) in [6.07, 6.45) is 0. The molecule has 2 aromatic carbocycles. The molecule has 2 aromatic rings. The summed E-state index contributed by atoms with van der Waals surface area (Å²) in [4.78, 5) is 12.0. The number of hydrogen-bond donors (Lipinski definition) is 2. The highest BCUT2D eigenvalue weighted by atomic mass is 127. The summed E-state index contributed by atoms with van der Waals surface area (Å²) in [6, 6.07) is 11.0. The molecule has 0 aliphatic heterocycles. The van der Waals surface area contributed by atoms with Gasteiger partial charge in [0.15, 0.2) is 0 Å². The minimum atomic E-state index is -0.366. The van der Waals surface area contributed by atoms with E-state index in [2.05, 4.69) is 5.32 Å². The monoisotopic (exact) mass is 356 g/mol. The number of nitrogens with two attached hydrogens (primary N) is 1. The zero-order valence-electron chi connectivity index (χ0n) is 9.28. The first-order valence-electron chi connectivity index (χ1n) is 5.19. The zero-order valence-corrected chi connectivity index (χ0v) is 11.4. The van der Waals surface area contributed by atoms with Gasteiger partial charge in [0.1, 0.15) is 5.82 Å². The smallest absolute Gasteiger partial charge is 0.256 e. The largest absolute Gasteiger partial charge is 0.397 e. The molecule has 3 nitrogen and oxygen atoms in total. The molecule has 18 heavy (non-hydrogen) atoms. The Kier molecular flexibility index (Phi) is 3.81. The number of rotatable bonds is 2. The van der Waals surface area contributed by atoms with Crippen LogP contribution in [-0.4, -0.2) is 5.91 Å². The van der Waals surface area contributed by atoms with Gasteiger partial charge in [0, 0.05) is 3.57 Å². The third-order valence-corrected chi connectivity index (χ3v) is 3.28. The van der Waals surface area contributed by atoms with Gasteiger partial charge in [-0.25, -0.2) is 4.39 Å². The topological polar surface area (TPSA) is 55.1 Å². The van der Waals surface area contributed by atoms with Crippen LogP contribution in [0.1, 0.15) is 10.4 Å². The van der Waals surface area contributed by atoms with Crippen molar-refractivity contribution in [2.75, 3.05) is 11.1 Å². The Balaban J connectivity index is 2.25. The van der Waals surface area contributed by atoms with Gasteiger partial charge in [-0.2, -0.15) is 0 Å². The number of hydrogen-bond acceptors (Lipinski definition) is 2. The van der Waals surface area contributed by atoms with Crippen molar-refractivity contribution < 1.29 is 9.18 Å². The molecule has 0 unspecified atom stereocenters. The molecule has 0 heterocycles. The van der Waals surface area contributed by atoms with Gasteiger partial charge in [-0.1, -0.05) is 12.1 Å². The van der Waals surface area contributed by atoms with E-state index in [0.717, 1.165) is 0 Å². The van der Waals surface area contributed by atoms with Crippen molar-refractivity contribution in [3.05, 3.63) is 57.4 Å². The first kappa shape index (κ1) is 12.8. The van der Waals surface area contributed by atoms with E-state index in [1.807, 2.05) is 22.6 Å². The van der Waals surface area contributed by atoms with Gasteiger partial charge in [-0.3, -0.25) is 4.79 Å². The van der Waals surface area contributed by atoms with Crippen LogP contribution in [-0.2, 0) is 0 Å². The van der Waals surface area contributed by atoms with E-state index in [0.29, 0.717) is 20.5 Å². The average molecular weight is 356 g/mol. The normalized spacial score (nSPS) is 10.1. The predicted molar refractivity (Wildman–Crippen MR) is 77.9 cm³/mol. The number of nitrogens with one attached hydrogen (secondary N) is 1. The van der Waals surface area contributed by atoms with Gasteiger partial charge in [0.2, 0.25) is 0 Å². The molecule has 0 spiro atoms. The molecule has 1 amide bonds. The lowest BCUT2D eigenvalue weighted by atomic mass is 10.2. The standard InChI is InChI=1S/C13H10FIN2O/c14-8-5-6-9(10(15)7-8)13(18)17-12-4-2-1-3-11(12)16/h1-7H,16H2,(H,17,18). The second kappa shape index (κ2) is 5.34. The highest BCUT2D eigenvalue weighted by Gasteiger charge is 2.11. The van der Waals surface area contributed by atoms with Crippen LogP contribution in [0.4, 0.5) is 15.8 Å². The van der Waals surface area contributed by atoms with Crippen LogP contribution in [0.15, 0.2) is 42.5 Å². The molecule has 0 fully saturated rings. The van der Waals surface area contributed by atoms with Gasteiger partial charge in [-0.15, -0.1) is 0 Å². The van der Waals surface area contributed by atoms with Crippen LogP contribution in [0.5, 0.6) is 0 Å². The lowest BCUT2D eigenvalue weighted by molar-refractivity contribution is 0.102. The molecule has 0 aromatic heterocycles. The van der Waals surface area contributed by atoms with E-state index in [1.54, 1.807) is 24.3 Å². The molecule has 92 valence electrons. The molecular weight excluding hydrogens is 346 g/mol. The maximum absolute atomic E-state index is 12.9. The molecule has 0 aliphatic rings. The fourth-order valence-electron chi connectivity index (χ4n) is 1.47. The number of carbonyl (C=O) groups is 1. The van der Waals surface area contributed by atoms with Crippen LogP contribution >= 0.6 is 22.6 Å². The van der Waals surface area contributed by atoms with Crippen molar-refractivity contribution in [3.63, 3.8) is 0 Å². The van der Waals surface area contributed by atoms with Crippen LogP contribution < -0.4 is 11.1 Å². The van der Waals surface area contributed by atoms with Crippen LogP contribution in [0.3, 0.4) is 0 Å². The van der Waals surface area contributed by atoms with Crippen molar-refractivity contribution in [2.45, 2.75) is 0 Å². The van der Waals surface area contributed by atoms with Crippen molar-refractivity contribution >= 4 is 39.9 Å². The molecular formula is C13H10FIN2O. The van der Waals surface area contributed by atoms with E-state index in [9.17, 15) is 9.18 Å². The van der Waals surface area contributed by atoms with E-state index < -0.39 is 0 Å². The van der Waals surface area contributed by atoms with Crippen molar-refractivity contribution in [1.82, 2.24) is 0 Å². The summed E-state index contributed by atoms with van der Waals surface area (Å²) in [5, 5.41) is 2.70. The summed E-state index contributed by atoms with van der Waals surface area (Å²) < 4.78 is 13.5. The van der Waals surface area contributed by atoms with Crippen LogP contribution in [0.2, 0.25) is 0 Å². The summed E-state index contributed by atoms with van der Waals surface area (Å²) in [7, 11) is 0. The van der Waals surface area contributed by atoms with Gasteiger partial charge in [0.05, 0.1) is 16.9 Å². The molecule has 5 heteroatoms. The predicted octanol–water partition coefficient (Wildman–Crippen LogP) is 3.26. The minimum Gasteiger partial charge on any atom is -0.397 e. The molecule has 0 bridgehead atoms. The fraction of sp³-hybridized carbons (Fsp3) is 0. The Morgan fingerprint density at radius 1 is 1.22 bits per heavy atom. The van der Waals surface area contributed by atoms with E-state index >= 15 is 0 Å². The summed E-state index contributed by atoms with van der Waals surface area (Å²) in [5.41, 5.74) is 7.18. The molecule has 0 saturated heterocycles. The van der Waals surface area contributed by atoms with E-state index in [4.69, 9.17) is 5.73 Å². The first-order valence-corrected chi connectivity index (χ1v) is 6.26.